The topological polar surface area (TPSA) is 96.6 Å². The van der Waals surface area contributed by atoms with Crippen LogP contribution in [-0.2, 0) is 16.4 Å². The zero-order valence-corrected chi connectivity index (χ0v) is 12.4. The van der Waals surface area contributed by atoms with Crippen LogP contribution < -0.4 is 5.32 Å². The summed E-state index contributed by atoms with van der Waals surface area (Å²) in [6, 6.07) is 6.96. The van der Waals surface area contributed by atoms with E-state index in [0.717, 1.165) is 0 Å². The quantitative estimate of drug-likeness (QED) is 0.755. The molecule has 1 aromatic carbocycles. The van der Waals surface area contributed by atoms with Crippen molar-refractivity contribution in [2.75, 3.05) is 18.6 Å². The average molecular weight is 311 g/mol. The van der Waals surface area contributed by atoms with E-state index >= 15 is 0 Å². The summed E-state index contributed by atoms with van der Waals surface area (Å²) in [6.45, 7) is 0.725. The molecule has 0 amide bonds. The molecule has 7 heteroatoms. The lowest BCUT2D eigenvalue weighted by Gasteiger charge is -2.03. The largest absolute Gasteiger partial charge is 0.478 e. The zero-order chi connectivity index (χ0) is 15.5. The van der Waals surface area contributed by atoms with Crippen LogP contribution >= 0.6 is 0 Å². The van der Waals surface area contributed by atoms with Gasteiger partial charge in [0.25, 0.3) is 0 Å². The Hall–Kier alpha value is -1.86. The molecule has 0 aliphatic rings. The van der Waals surface area contributed by atoms with Gasteiger partial charge in [0, 0.05) is 11.6 Å². The van der Waals surface area contributed by atoms with Gasteiger partial charge >= 0.3 is 5.97 Å². The first-order valence-electron chi connectivity index (χ1n) is 6.50. The molecule has 0 atom stereocenters. The number of rotatable bonds is 7. The van der Waals surface area contributed by atoms with Gasteiger partial charge in [-0.05, 0) is 19.0 Å². The van der Waals surface area contributed by atoms with Gasteiger partial charge in [-0.2, -0.15) is 0 Å². The van der Waals surface area contributed by atoms with E-state index in [1.54, 1.807) is 24.3 Å². The van der Waals surface area contributed by atoms with Crippen molar-refractivity contribution in [3.05, 3.63) is 35.6 Å². The maximum Gasteiger partial charge on any atom is 0.339 e. The minimum Gasteiger partial charge on any atom is -0.478 e. The molecule has 0 aliphatic heterocycles. The third-order valence-electron chi connectivity index (χ3n) is 3.04. The number of aromatic carboxylic acids is 1. The van der Waals surface area contributed by atoms with E-state index in [9.17, 15) is 18.3 Å². The van der Waals surface area contributed by atoms with E-state index in [-0.39, 0.29) is 17.9 Å². The van der Waals surface area contributed by atoms with E-state index in [4.69, 9.17) is 4.42 Å². The van der Waals surface area contributed by atoms with E-state index in [0.29, 0.717) is 29.7 Å². The fourth-order valence-corrected chi connectivity index (χ4v) is 2.79. The molecule has 21 heavy (non-hydrogen) atoms. The van der Waals surface area contributed by atoms with Crippen LogP contribution in [0.4, 0.5) is 0 Å². The fraction of sp³-hybridized carbons (Fsp3) is 0.357. The molecule has 0 unspecified atom stereocenters. The molecule has 2 aromatic rings. The molecule has 0 bridgehead atoms. The third-order valence-corrected chi connectivity index (χ3v) is 4.07. The Balaban J connectivity index is 2.05. The van der Waals surface area contributed by atoms with Crippen LogP contribution in [0.5, 0.6) is 0 Å². The van der Waals surface area contributed by atoms with Crippen LogP contribution in [0.1, 0.15) is 22.5 Å². The SMILES string of the molecule is CS(=O)(=O)CCCNCc1oc2ccccc2c1C(=O)O. The Kier molecular flexibility index (Phi) is 4.64. The van der Waals surface area contributed by atoms with Crippen LogP contribution in [0.25, 0.3) is 11.0 Å². The number of sulfone groups is 1. The molecule has 0 aliphatic carbocycles. The van der Waals surface area contributed by atoms with Crippen molar-refractivity contribution in [2.24, 2.45) is 0 Å². The highest BCUT2D eigenvalue weighted by Crippen LogP contribution is 2.25. The van der Waals surface area contributed by atoms with E-state index in [2.05, 4.69) is 5.32 Å². The molecule has 0 fully saturated rings. The number of carboxylic acid groups (broad SMARTS) is 1. The molecule has 2 N–H and O–H groups in total. The monoisotopic (exact) mass is 311 g/mol. The number of furan rings is 1. The Morgan fingerprint density at radius 1 is 1.33 bits per heavy atom. The standard InChI is InChI=1S/C14H17NO5S/c1-21(18,19)8-4-7-15-9-12-13(14(16)17)10-5-2-3-6-11(10)20-12/h2-3,5-6,15H,4,7-9H2,1H3,(H,16,17). The fourth-order valence-electron chi connectivity index (χ4n) is 2.12. The van der Waals surface area contributed by atoms with Crippen LogP contribution in [0.2, 0.25) is 0 Å². The van der Waals surface area contributed by atoms with Gasteiger partial charge in [-0.15, -0.1) is 0 Å². The minimum absolute atomic E-state index is 0.103. The van der Waals surface area contributed by atoms with Gasteiger partial charge in [-0.3, -0.25) is 0 Å². The summed E-state index contributed by atoms with van der Waals surface area (Å²) in [5.74, 6) is -0.581. The Bertz CT molecular complexity index is 748. The maximum atomic E-state index is 11.4. The number of hydrogen-bond donors (Lipinski definition) is 2. The molecule has 114 valence electrons. The second-order valence-corrected chi connectivity index (χ2v) is 7.12. The van der Waals surface area contributed by atoms with Gasteiger partial charge in [0.15, 0.2) is 0 Å². The van der Waals surface area contributed by atoms with Crippen LogP contribution in [0, 0.1) is 0 Å². The lowest BCUT2D eigenvalue weighted by Crippen LogP contribution is -2.18. The summed E-state index contributed by atoms with van der Waals surface area (Å²) >= 11 is 0. The summed E-state index contributed by atoms with van der Waals surface area (Å²) < 4.78 is 27.5. The summed E-state index contributed by atoms with van der Waals surface area (Å²) in [5.41, 5.74) is 0.684. The minimum atomic E-state index is -2.97. The van der Waals surface area contributed by atoms with E-state index in [1.807, 2.05) is 0 Å². The highest BCUT2D eigenvalue weighted by molar-refractivity contribution is 7.90. The van der Waals surface area contributed by atoms with Crippen molar-refractivity contribution in [2.45, 2.75) is 13.0 Å². The molecular formula is C14H17NO5S. The Labute approximate surface area is 122 Å². The second-order valence-electron chi connectivity index (χ2n) is 4.86. The van der Waals surface area contributed by atoms with Gasteiger partial charge in [0.1, 0.15) is 26.7 Å². The molecule has 0 saturated carbocycles. The highest BCUT2D eigenvalue weighted by atomic mass is 32.2. The van der Waals surface area contributed by atoms with Crippen LogP contribution in [0.3, 0.4) is 0 Å². The van der Waals surface area contributed by atoms with E-state index < -0.39 is 15.8 Å². The smallest absolute Gasteiger partial charge is 0.339 e. The van der Waals surface area contributed by atoms with Crippen molar-refractivity contribution < 1.29 is 22.7 Å². The molecule has 2 rings (SSSR count). The van der Waals surface area contributed by atoms with Gasteiger partial charge in [-0.25, -0.2) is 13.2 Å². The summed E-state index contributed by atoms with van der Waals surface area (Å²) in [7, 11) is -2.97. The van der Waals surface area contributed by atoms with Crippen molar-refractivity contribution >= 4 is 26.8 Å². The first kappa shape index (κ1) is 15.5. The Morgan fingerprint density at radius 3 is 2.71 bits per heavy atom. The molecule has 6 nitrogen and oxygen atoms in total. The molecule has 1 heterocycles. The summed E-state index contributed by atoms with van der Waals surface area (Å²) in [5, 5.41) is 12.9. The number of carbonyl (C=O) groups is 1. The number of carboxylic acids is 1. The lowest BCUT2D eigenvalue weighted by atomic mass is 10.1. The normalized spacial score (nSPS) is 11.9. The average Bonchev–Trinajstić information content (AvgIpc) is 2.75. The number of benzene rings is 1. The van der Waals surface area contributed by atoms with Gasteiger partial charge in [-0.1, -0.05) is 18.2 Å². The van der Waals surface area contributed by atoms with Crippen LogP contribution in [-0.4, -0.2) is 38.0 Å². The second kappa shape index (κ2) is 6.28. The van der Waals surface area contributed by atoms with Crippen molar-refractivity contribution in [3.63, 3.8) is 0 Å². The number of para-hydroxylation sites is 1. The first-order valence-corrected chi connectivity index (χ1v) is 8.56. The predicted molar refractivity (Wildman–Crippen MR) is 79.2 cm³/mol. The van der Waals surface area contributed by atoms with Crippen molar-refractivity contribution in [3.8, 4) is 0 Å². The Morgan fingerprint density at radius 2 is 2.05 bits per heavy atom. The third kappa shape index (κ3) is 4.05. The van der Waals surface area contributed by atoms with E-state index in [1.165, 1.54) is 6.26 Å². The number of hydrogen-bond acceptors (Lipinski definition) is 5. The first-order chi connectivity index (χ1) is 9.88. The molecule has 1 aromatic heterocycles. The number of nitrogens with one attached hydrogen (secondary N) is 1. The van der Waals surface area contributed by atoms with Gasteiger partial charge < -0.3 is 14.8 Å². The van der Waals surface area contributed by atoms with Gasteiger partial charge in [0.2, 0.25) is 0 Å². The van der Waals surface area contributed by atoms with Crippen LogP contribution in [0.15, 0.2) is 28.7 Å². The zero-order valence-electron chi connectivity index (χ0n) is 11.6. The predicted octanol–water partition coefficient (Wildman–Crippen LogP) is 1.66. The summed E-state index contributed by atoms with van der Waals surface area (Å²) in [6.07, 6.45) is 1.66. The molecule has 0 radical (unpaired) electrons. The van der Waals surface area contributed by atoms with Crippen molar-refractivity contribution in [1.82, 2.24) is 5.32 Å². The maximum absolute atomic E-state index is 11.4. The summed E-state index contributed by atoms with van der Waals surface area (Å²) in [4.78, 5) is 11.4. The molecular weight excluding hydrogens is 294 g/mol. The molecule has 0 spiro atoms. The molecule has 0 saturated heterocycles. The van der Waals surface area contributed by atoms with Crippen molar-refractivity contribution in [1.29, 1.82) is 0 Å². The lowest BCUT2D eigenvalue weighted by molar-refractivity contribution is 0.0696. The van der Waals surface area contributed by atoms with Gasteiger partial charge in [0.05, 0.1) is 12.3 Å². The highest BCUT2D eigenvalue weighted by Gasteiger charge is 2.19. The number of fused-ring (bicyclic) bond motifs is 1.